The first-order chi connectivity index (χ1) is 17.7. The Morgan fingerprint density at radius 3 is 2.57 bits per heavy atom. The van der Waals surface area contributed by atoms with Gasteiger partial charge < -0.3 is 15.3 Å². The summed E-state index contributed by atoms with van der Waals surface area (Å²) >= 11 is 6.13. The molecule has 0 radical (unpaired) electrons. The Hall–Kier alpha value is -3.15. The summed E-state index contributed by atoms with van der Waals surface area (Å²) in [6, 6.07) is 1.12. The summed E-state index contributed by atoms with van der Waals surface area (Å²) in [4.78, 5) is 26.7. The van der Waals surface area contributed by atoms with E-state index in [4.69, 9.17) is 11.6 Å². The Morgan fingerprint density at radius 2 is 1.86 bits per heavy atom. The van der Waals surface area contributed by atoms with E-state index in [1.165, 1.54) is 11.1 Å². The van der Waals surface area contributed by atoms with Gasteiger partial charge in [-0.3, -0.25) is 9.89 Å². The molecule has 0 spiro atoms. The Kier molecular flexibility index (Phi) is 5.89. The van der Waals surface area contributed by atoms with Crippen molar-refractivity contribution in [3.8, 4) is 11.5 Å². The van der Waals surface area contributed by atoms with Gasteiger partial charge in [0.2, 0.25) is 5.82 Å². The molecule has 7 rings (SSSR count). The second-order valence-electron chi connectivity index (χ2n) is 10.2. The molecule has 37 heavy (non-hydrogen) atoms. The summed E-state index contributed by atoms with van der Waals surface area (Å²) < 4.78 is 43.6. The maximum Gasteiger partial charge on any atom is 0.308 e. The van der Waals surface area contributed by atoms with Crippen LogP contribution >= 0.6 is 11.6 Å². The summed E-state index contributed by atoms with van der Waals surface area (Å²) in [6.45, 7) is -0.166. The van der Waals surface area contributed by atoms with Crippen molar-refractivity contribution in [1.29, 1.82) is 0 Å². The minimum atomic E-state index is -2.82. The van der Waals surface area contributed by atoms with E-state index in [1.54, 1.807) is 6.07 Å². The summed E-state index contributed by atoms with van der Waals surface area (Å²) in [6.07, 6.45) is 3.98. The zero-order chi connectivity index (χ0) is 25.9. The van der Waals surface area contributed by atoms with Crippen LogP contribution in [0.25, 0.3) is 22.6 Å². The van der Waals surface area contributed by atoms with Gasteiger partial charge in [0.05, 0.1) is 16.3 Å². The highest BCUT2D eigenvalue weighted by molar-refractivity contribution is 6.31. The number of fused-ring (bicyclic) bond motifs is 4. The van der Waals surface area contributed by atoms with Gasteiger partial charge in [0.1, 0.15) is 5.69 Å². The molecular weight excluding hydrogens is 511 g/mol. The molecule has 4 fully saturated rings. The normalized spacial score (nSPS) is 27.0. The number of hydrogen-bond donors (Lipinski definition) is 3. The van der Waals surface area contributed by atoms with Crippen LogP contribution in [0.2, 0.25) is 5.02 Å². The van der Waals surface area contributed by atoms with Crippen LogP contribution < -0.4 is 10.2 Å². The number of piperidine rings is 1. The standard InChI is InChI=1S/C24H25ClF3N7O2/c25-13-9-14-18(33-34-19(14)29-10-13)21-31-20(16(26)22(32-21)35-7-5-24(27,28)6-8-35)30-17-12-3-1-11(2-4-12)15(17)23(36)37/h9-12,15,17H,1-8H2,(H,36,37)(H,29,33,34)(H,30,31,32)/t11?,12?,15-,17-/m0/s1. The zero-order valence-corrected chi connectivity index (χ0v) is 20.5. The third-order valence-electron chi connectivity index (χ3n) is 8.03. The maximum absolute atomic E-state index is 15.9. The number of carbonyl (C=O) groups is 1. The average Bonchev–Trinajstić information content (AvgIpc) is 3.29. The van der Waals surface area contributed by atoms with Gasteiger partial charge in [0.25, 0.3) is 5.92 Å². The zero-order valence-electron chi connectivity index (χ0n) is 19.7. The number of aliphatic carboxylic acids is 1. The third-order valence-corrected chi connectivity index (χ3v) is 8.24. The van der Waals surface area contributed by atoms with Crippen molar-refractivity contribution in [2.45, 2.75) is 50.5 Å². The minimum absolute atomic E-state index is 0.0108. The lowest BCUT2D eigenvalue weighted by Gasteiger charge is -2.47. The number of carboxylic acid groups (broad SMARTS) is 1. The Labute approximate surface area is 214 Å². The third kappa shape index (κ3) is 4.34. The van der Waals surface area contributed by atoms with Crippen molar-refractivity contribution in [2.24, 2.45) is 17.8 Å². The van der Waals surface area contributed by atoms with E-state index in [2.05, 4.69) is 30.5 Å². The van der Waals surface area contributed by atoms with Crippen LogP contribution in [0.5, 0.6) is 0 Å². The Balaban J connectivity index is 1.44. The second kappa shape index (κ2) is 9.00. The summed E-state index contributed by atoms with van der Waals surface area (Å²) in [7, 11) is 0. The first-order valence-electron chi connectivity index (χ1n) is 12.4. The predicted molar refractivity (Wildman–Crippen MR) is 130 cm³/mol. The van der Waals surface area contributed by atoms with Crippen LogP contribution in [-0.2, 0) is 4.79 Å². The van der Waals surface area contributed by atoms with E-state index in [9.17, 15) is 18.7 Å². The number of pyridine rings is 1. The van der Waals surface area contributed by atoms with Crippen LogP contribution in [0.1, 0.15) is 38.5 Å². The quantitative estimate of drug-likeness (QED) is 0.428. The SMILES string of the molecule is O=C(O)[C@H]1C2CCC(CC2)[C@@H]1Nc1nc(-c2n[nH]c3ncc(Cl)cc23)nc(N2CCC(F)(F)CC2)c1F. The van der Waals surface area contributed by atoms with Crippen LogP contribution in [0, 0.1) is 23.6 Å². The van der Waals surface area contributed by atoms with E-state index >= 15 is 4.39 Å². The number of halogens is 4. The monoisotopic (exact) mass is 535 g/mol. The van der Waals surface area contributed by atoms with Crippen LogP contribution in [0.4, 0.5) is 24.8 Å². The van der Waals surface area contributed by atoms with E-state index in [-0.39, 0.29) is 48.1 Å². The number of hydrogen-bond acceptors (Lipinski definition) is 7. The molecule has 2 bridgehead atoms. The lowest BCUT2D eigenvalue weighted by Crippen LogP contribution is -2.51. The van der Waals surface area contributed by atoms with Crippen molar-refractivity contribution in [3.05, 3.63) is 23.1 Å². The lowest BCUT2D eigenvalue weighted by molar-refractivity contribution is -0.148. The van der Waals surface area contributed by atoms with Crippen molar-refractivity contribution in [3.63, 3.8) is 0 Å². The summed E-state index contributed by atoms with van der Waals surface area (Å²) in [5.74, 6) is -5.35. The lowest BCUT2D eigenvalue weighted by atomic mass is 9.61. The van der Waals surface area contributed by atoms with Crippen molar-refractivity contribution >= 4 is 40.2 Å². The second-order valence-corrected chi connectivity index (χ2v) is 10.6. The van der Waals surface area contributed by atoms with Gasteiger partial charge in [0.15, 0.2) is 23.1 Å². The van der Waals surface area contributed by atoms with Gasteiger partial charge in [-0.15, -0.1) is 0 Å². The van der Waals surface area contributed by atoms with E-state index in [1.807, 2.05) is 0 Å². The van der Waals surface area contributed by atoms with Gasteiger partial charge in [0, 0.05) is 38.2 Å². The van der Waals surface area contributed by atoms with Gasteiger partial charge in [-0.1, -0.05) is 11.6 Å². The van der Waals surface area contributed by atoms with E-state index in [0.29, 0.717) is 16.1 Å². The Bertz CT molecular complexity index is 1350. The molecule has 13 heteroatoms. The van der Waals surface area contributed by atoms with E-state index in [0.717, 1.165) is 25.7 Å². The molecule has 1 saturated heterocycles. The minimum Gasteiger partial charge on any atom is -0.481 e. The van der Waals surface area contributed by atoms with E-state index < -0.39 is 42.5 Å². The number of anilines is 2. The molecule has 4 heterocycles. The van der Waals surface area contributed by atoms with Crippen molar-refractivity contribution < 1.29 is 23.1 Å². The summed E-state index contributed by atoms with van der Waals surface area (Å²) in [5.41, 5.74) is 0.702. The molecule has 3 aliphatic carbocycles. The molecule has 4 aliphatic rings. The smallest absolute Gasteiger partial charge is 0.308 e. The number of rotatable bonds is 5. The number of nitrogens with zero attached hydrogens (tertiary/aromatic N) is 5. The molecule has 9 nitrogen and oxygen atoms in total. The van der Waals surface area contributed by atoms with Crippen molar-refractivity contribution in [1.82, 2.24) is 25.1 Å². The number of H-pyrrole nitrogens is 1. The van der Waals surface area contributed by atoms with Gasteiger partial charge in [-0.05, 0) is 43.6 Å². The molecule has 3 aromatic rings. The van der Waals surface area contributed by atoms with Crippen molar-refractivity contribution in [2.75, 3.05) is 23.3 Å². The highest BCUT2D eigenvalue weighted by atomic mass is 35.5. The first kappa shape index (κ1) is 24.2. The average molecular weight is 536 g/mol. The molecule has 196 valence electrons. The van der Waals surface area contributed by atoms with Crippen LogP contribution in [-0.4, -0.2) is 61.3 Å². The summed E-state index contributed by atoms with van der Waals surface area (Å²) in [5, 5.41) is 21.0. The number of alkyl halides is 2. The molecule has 0 amide bonds. The Morgan fingerprint density at radius 1 is 1.16 bits per heavy atom. The largest absolute Gasteiger partial charge is 0.481 e. The van der Waals surface area contributed by atoms with Gasteiger partial charge in [-0.25, -0.2) is 23.7 Å². The van der Waals surface area contributed by atoms with Gasteiger partial charge in [-0.2, -0.15) is 9.49 Å². The molecule has 3 saturated carbocycles. The fourth-order valence-corrected chi connectivity index (χ4v) is 6.27. The van der Waals surface area contributed by atoms with Crippen LogP contribution in [0.3, 0.4) is 0 Å². The highest BCUT2D eigenvalue weighted by Crippen LogP contribution is 2.47. The molecule has 2 atom stereocenters. The first-order valence-corrected chi connectivity index (χ1v) is 12.8. The topological polar surface area (TPSA) is 120 Å². The molecule has 0 unspecified atom stereocenters. The maximum atomic E-state index is 15.9. The number of nitrogens with one attached hydrogen (secondary N) is 2. The molecule has 3 aromatic heterocycles. The number of aromatic amines is 1. The number of aromatic nitrogens is 5. The molecule has 1 aliphatic heterocycles. The van der Waals surface area contributed by atoms with Gasteiger partial charge >= 0.3 is 5.97 Å². The predicted octanol–water partition coefficient (Wildman–Crippen LogP) is 4.74. The fraction of sp³-hybridized carbons (Fsp3) is 0.542. The number of carboxylic acids is 1. The fourth-order valence-electron chi connectivity index (χ4n) is 6.11. The highest BCUT2D eigenvalue weighted by Gasteiger charge is 2.48. The molecule has 3 N–H and O–H groups in total. The molecule has 0 aromatic carbocycles. The molecular formula is C24H25ClF3N7O2. The van der Waals surface area contributed by atoms with Crippen LogP contribution in [0.15, 0.2) is 12.3 Å².